The Bertz CT molecular complexity index is 335. The maximum Gasteiger partial charge on any atom is 0.320 e. The third-order valence-corrected chi connectivity index (χ3v) is 2.54. The Morgan fingerprint density at radius 3 is 2.80 bits per heavy atom. The van der Waals surface area contributed by atoms with Crippen molar-refractivity contribution in [3.05, 3.63) is 18.0 Å². The van der Waals surface area contributed by atoms with Crippen LogP contribution in [0.15, 0.2) is 12.3 Å². The molecular formula is C10H17N3O2. The Morgan fingerprint density at radius 1 is 1.73 bits per heavy atom. The molecule has 1 rings (SSSR count). The molecule has 1 aromatic heterocycles. The van der Waals surface area contributed by atoms with Gasteiger partial charge in [0.25, 0.3) is 0 Å². The monoisotopic (exact) mass is 211 g/mol. The first-order valence-electron chi connectivity index (χ1n) is 4.96. The van der Waals surface area contributed by atoms with Gasteiger partial charge in [-0.25, -0.2) is 0 Å². The highest BCUT2D eigenvalue weighted by Crippen LogP contribution is 2.07. The lowest BCUT2D eigenvalue weighted by molar-refractivity contribution is -0.143. The number of rotatable bonds is 5. The molecule has 0 aliphatic heterocycles. The van der Waals surface area contributed by atoms with Crippen LogP contribution in [-0.4, -0.2) is 38.8 Å². The second-order valence-electron chi connectivity index (χ2n) is 3.62. The molecule has 0 spiro atoms. The van der Waals surface area contributed by atoms with Gasteiger partial charge in [-0.15, -0.1) is 0 Å². The van der Waals surface area contributed by atoms with E-state index in [9.17, 15) is 4.79 Å². The summed E-state index contributed by atoms with van der Waals surface area (Å²) in [6.07, 6.45) is 2.31. The van der Waals surface area contributed by atoms with Gasteiger partial charge in [-0.1, -0.05) is 6.92 Å². The Morgan fingerprint density at radius 2 is 2.40 bits per heavy atom. The fourth-order valence-electron chi connectivity index (χ4n) is 1.60. The summed E-state index contributed by atoms with van der Waals surface area (Å²) in [6, 6.07) is 1.46. The van der Waals surface area contributed by atoms with Gasteiger partial charge in [-0.3, -0.25) is 14.4 Å². The van der Waals surface area contributed by atoms with Gasteiger partial charge in [0.05, 0.1) is 5.69 Å². The quantitative estimate of drug-likeness (QED) is 0.779. The minimum atomic E-state index is -0.776. The first-order valence-corrected chi connectivity index (χ1v) is 4.96. The topological polar surface area (TPSA) is 58.4 Å². The van der Waals surface area contributed by atoms with Crippen LogP contribution in [0.25, 0.3) is 0 Å². The molecule has 0 amide bonds. The van der Waals surface area contributed by atoms with Crippen molar-refractivity contribution in [2.24, 2.45) is 7.05 Å². The van der Waals surface area contributed by atoms with Crippen LogP contribution in [0.4, 0.5) is 0 Å². The molecule has 0 aromatic carbocycles. The molecule has 1 atom stereocenters. The zero-order chi connectivity index (χ0) is 11.4. The molecule has 0 aliphatic carbocycles. The lowest BCUT2D eigenvalue weighted by Crippen LogP contribution is -2.37. The van der Waals surface area contributed by atoms with E-state index in [1.54, 1.807) is 10.9 Å². The van der Waals surface area contributed by atoms with Gasteiger partial charge in [0.15, 0.2) is 0 Å². The molecule has 1 aromatic rings. The Balaban J connectivity index is 2.66. The smallest absolute Gasteiger partial charge is 0.320 e. The van der Waals surface area contributed by atoms with Crippen molar-refractivity contribution in [2.75, 3.05) is 7.05 Å². The third-order valence-electron chi connectivity index (χ3n) is 2.54. The largest absolute Gasteiger partial charge is 0.480 e. The lowest BCUT2D eigenvalue weighted by Gasteiger charge is -2.23. The van der Waals surface area contributed by atoms with E-state index in [4.69, 9.17) is 5.11 Å². The van der Waals surface area contributed by atoms with Crippen LogP contribution in [0, 0.1) is 0 Å². The van der Waals surface area contributed by atoms with Crippen molar-refractivity contribution in [3.8, 4) is 0 Å². The average Bonchev–Trinajstić information content (AvgIpc) is 2.52. The minimum Gasteiger partial charge on any atom is -0.480 e. The number of aryl methyl sites for hydroxylation is 1. The van der Waals surface area contributed by atoms with Crippen LogP contribution in [0.2, 0.25) is 0 Å². The van der Waals surface area contributed by atoms with E-state index < -0.39 is 12.0 Å². The van der Waals surface area contributed by atoms with E-state index in [0.717, 1.165) is 5.69 Å². The number of nitrogens with zero attached hydrogens (tertiary/aromatic N) is 3. The zero-order valence-corrected chi connectivity index (χ0v) is 9.34. The predicted molar refractivity (Wildman–Crippen MR) is 56.4 cm³/mol. The number of hydrogen-bond donors (Lipinski definition) is 1. The molecule has 0 bridgehead atoms. The normalized spacial score (nSPS) is 13.1. The summed E-state index contributed by atoms with van der Waals surface area (Å²) in [5.41, 5.74) is 1.01. The summed E-state index contributed by atoms with van der Waals surface area (Å²) in [6.45, 7) is 2.47. The molecule has 1 N–H and O–H groups in total. The van der Waals surface area contributed by atoms with Crippen LogP contribution >= 0.6 is 0 Å². The maximum absolute atomic E-state index is 10.9. The minimum absolute atomic E-state index is 0.431. The molecule has 0 saturated heterocycles. The first-order chi connectivity index (χ1) is 7.06. The van der Waals surface area contributed by atoms with Crippen molar-refractivity contribution in [2.45, 2.75) is 25.9 Å². The summed E-state index contributed by atoms with van der Waals surface area (Å²) >= 11 is 0. The summed E-state index contributed by atoms with van der Waals surface area (Å²) in [4.78, 5) is 12.7. The zero-order valence-electron chi connectivity index (χ0n) is 9.34. The number of hydrogen-bond acceptors (Lipinski definition) is 3. The van der Waals surface area contributed by atoms with Gasteiger partial charge < -0.3 is 5.11 Å². The highest BCUT2D eigenvalue weighted by Gasteiger charge is 2.20. The number of carboxylic acids is 1. The van der Waals surface area contributed by atoms with Gasteiger partial charge in [-0.05, 0) is 19.5 Å². The first kappa shape index (κ1) is 11.7. The predicted octanol–water partition coefficient (Wildman–Crippen LogP) is 0.715. The summed E-state index contributed by atoms with van der Waals surface area (Å²) in [5, 5.41) is 13.0. The number of carbonyl (C=O) groups is 1. The van der Waals surface area contributed by atoms with Crippen LogP contribution in [0.3, 0.4) is 0 Å². The molecule has 1 unspecified atom stereocenters. The lowest BCUT2D eigenvalue weighted by atomic mass is 10.2. The molecule has 5 nitrogen and oxygen atoms in total. The van der Waals surface area contributed by atoms with E-state index in [2.05, 4.69) is 5.10 Å². The van der Waals surface area contributed by atoms with Crippen LogP contribution in [0.1, 0.15) is 19.0 Å². The summed E-state index contributed by atoms with van der Waals surface area (Å²) < 4.78 is 1.76. The van der Waals surface area contributed by atoms with Gasteiger partial charge in [0.2, 0.25) is 0 Å². The molecule has 0 saturated carbocycles. The van der Waals surface area contributed by atoms with E-state index in [1.807, 2.05) is 32.0 Å². The van der Waals surface area contributed by atoms with E-state index in [-0.39, 0.29) is 0 Å². The maximum atomic E-state index is 10.9. The number of likely N-dealkylation sites (N-methyl/N-ethyl adjacent to an activating group) is 1. The van der Waals surface area contributed by atoms with E-state index >= 15 is 0 Å². The van der Waals surface area contributed by atoms with Crippen LogP contribution < -0.4 is 0 Å². The molecule has 0 aliphatic rings. The highest BCUT2D eigenvalue weighted by molar-refractivity contribution is 5.73. The summed E-state index contributed by atoms with van der Waals surface area (Å²) in [7, 11) is 3.67. The molecule has 0 fully saturated rings. The van der Waals surface area contributed by atoms with E-state index in [1.165, 1.54) is 0 Å². The Labute approximate surface area is 89.3 Å². The van der Waals surface area contributed by atoms with Crippen molar-refractivity contribution in [1.29, 1.82) is 0 Å². The second-order valence-corrected chi connectivity index (χ2v) is 3.62. The van der Waals surface area contributed by atoms with Crippen molar-refractivity contribution in [3.63, 3.8) is 0 Å². The second kappa shape index (κ2) is 4.93. The fraction of sp³-hybridized carbons (Fsp3) is 0.600. The Kier molecular flexibility index (Phi) is 3.85. The fourth-order valence-corrected chi connectivity index (χ4v) is 1.60. The van der Waals surface area contributed by atoms with Crippen LogP contribution in [0.5, 0.6) is 0 Å². The van der Waals surface area contributed by atoms with Gasteiger partial charge >= 0.3 is 5.97 Å². The SMILES string of the molecule is CCC(C(=O)O)N(C)Cc1ccnn1C. The standard InChI is InChI=1S/C10H17N3O2/c1-4-9(10(14)15)12(2)7-8-5-6-11-13(8)3/h5-6,9H,4,7H2,1-3H3,(H,14,15). The van der Waals surface area contributed by atoms with Crippen molar-refractivity contribution in [1.82, 2.24) is 14.7 Å². The van der Waals surface area contributed by atoms with Gasteiger partial charge in [0.1, 0.15) is 6.04 Å². The average molecular weight is 211 g/mol. The molecular weight excluding hydrogens is 194 g/mol. The number of carboxylic acid groups (broad SMARTS) is 1. The van der Waals surface area contributed by atoms with Crippen molar-refractivity contribution < 1.29 is 9.90 Å². The molecule has 0 radical (unpaired) electrons. The number of aromatic nitrogens is 2. The molecule has 1 heterocycles. The Hall–Kier alpha value is -1.36. The number of aliphatic carboxylic acids is 1. The van der Waals surface area contributed by atoms with Gasteiger partial charge in [0, 0.05) is 19.8 Å². The molecule has 15 heavy (non-hydrogen) atoms. The summed E-state index contributed by atoms with van der Waals surface area (Å²) in [5.74, 6) is -0.776. The van der Waals surface area contributed by atoms with Crippen molar-refractivity contribution >= 4 is 5.97 Å². The van der Waals surface area contributed by atoms with Gasteiger partial charge in [-0.2, -0.15) is 5.10 Å². The van der Waals surface area contributed by atoms with E-state index in [0.29, 0.717) is 13.0 Å². The highest BCUT2D eigenvalue weighted by atomic mass is 16.4. The third kappa shape index (κ3) is 2.79. The molecule has 84 valence electrons. The molecule has 5 heteroatoms. The van der Waals surface area contributed by atoms with Crippen LogP contribution in [-0.2, 0) is 18.4 Å².